The molecule has 0 aliphatic carbocycles. The molecule has 6 heteroatoms. The normalized spacial score (nSPS) is 10.2. The molecule has 2 rings (SSSR count). The molecule has 25 heavy (non-hydrogen) atoms. The van der Waals surface area contributed by atoms with Crippen LogP contribution < -0.4 is 16.2 Å². The Morgan fingerprint density at radius 3 is 2.56 bits per heavy atom. The van der Waals surface area contributed by atoms with Gasteiger partial charge in [0.2, 0.25) is 0 Å². The largest absolute Gasteiger partial charge is 0.380 e. The Kier molecular flexibility index (Phi) is 6.54. The van der Waals surface area contributed by atoms with Crippen LogP contribution in [0.4, 0.5) is 5.69 Å². The van der Waals surface area contributed by atoms with Crippen molar-refractivity contribution in [2.24, 2.45) is 0 Å². The molecule has 3 N–H and O–H groups in total. The van der Waals surface area contributed by atoms with E-state index in [2.05, 4.69) is 16.2 Å². The van der Waals surface area contributed by atoms with Crippen LogP contribution in [-0.2, 0) is 16.1 Å². The number of hydrogen-bond donors (Lipinski definition) is 3. The van der Waals surface area contributed by atoms with E-state index in [0.717, 1.165) is 22.4 Å². The van der Waals surface area contributed by atoms with Crippen molar-refractivity contribution in [2.45, 2.75) is 20.5 Å². The van der Waals surface area contributed by atoms with Gasteiger partial charge in [0.05, 0.1) is 13.2 Å². The van der Waals surface area contributed by atoms with Gasteiger partial charge >= 0.3 is 0 Å². The summed E-state index contributed by atoms with van der Waals surface area (Å²) in [6.45, 7) is 4.48. The van der Waals surface area contributed by atoms with Gasteiger partial charge in [0, 0.05) is 18.4 Å². The van der Waals surface area contributed by atoms with Gasteiger partial charge in [-0.2, -0.15) is 0 Å². The summed E-state index contributed by atoms with van der Waals surface area (Å²) >= 11 is 0. The van der Waals surface area contributed by atoms with E-state index in [1.54, 1.807) is 25.3 Å². The molecule has 0 unspecified atom stereocenters. The zero-order valence-electron chi connectivity index (χ0n) is 14.7. The molecule has 132 valence electrons. The summed E-state index contributed by atoms with van der Waals surface area (Å²) in [5.41, 5.74) is 9.27. The molecule has 0 radical (unpaired) electrons. The number of aryl methyl sites for hydroxylation is 2. The summed E-state index contributed by atoms with van der Waals surface area (Å²) in [5.74, 6) is -0.709. The van der Waals surface area contributed by atoms with Gasteiger partial charge in [0.25, 0.3) is 11.8 Å². The third-order valence-corrected chi connectivity index (χ3v) is 3.64. The highest BCUT2D eigenvalue weighted by Gasteiger charge is 2.08. The second-order valence-corrected chi connectivity index (χ2v) is 5.81. The first-order chi connectivity index (χ1) is 12.0. The molecule has 0 aromatic heterocycles. The maximum atomic E-state index is 12.1. The van der Waals surface area contributed by atoms with Crippen LogP contribution in [0.1, 0.15) is 27.0 Å². The Hall–Kier alpha value is -2.86. The molecule has 0 heterocycles. The highest BCUT2D eigenvalue weighted by atomic mass is 16.5. The lowest BCUT2D eigenvalue weighted by Gasteiger charge is -2.11. The number of benzene rings is 2. The number of hydrazine groups is 1. The fourth-order valence-electron chi connectivity index (χ4n) is 2.40. The Morgan fingerprint density at radius 1 is 1.04 bits per heavy atom. The quantitative estimate of drug-likeness (QED) is 0.705. The molecular formula is C19H23N3O3. The summed E-state index contributed by atoms with van der Waals surface area (Å²) in [6, 6.07) is 13.0. The van der Waals surface area contributed by atoms with Crippen LogP contribution in [0.5, 0.6) is 0 Å². The van der Waals surface area contributed by atoms with E-state index < -0.39 is 0 Å². The summed E-state index contributed by atoms with van der Waals surface area (Å²) in [5, 5.41) is 3.05. The number of amides is 2. The van der Waals surface area contributed by atoms with E-state index in [0.29, 0.717) is 12.2 Å². The fraction of sp³-hybridized carbons (Fsp3) is 0.263. The number of anilines is 1. The van der Waals surface area contributed by atoms with E-state index in [1.807, 2.05) is 38.1 Å². The van der Waals surface area contributed by atoms with Crippen LogP contribution in [-0.4, -0.2) is 25.5 Å². The zero-order valence-corrected chi connectivity index (χ0v) is 14.7. The maximum Gasteiger partial charge on any atom is 0.269 e. The molecule has 0 aliphatic rings. The number of nitrogens with one attached hydrogen (secondary N) is 3. The van der Waals surface area contributed by atoms with Crippen LogP contribution in [0.25, 0.3) is 0 Å². The molecule has 2 aromatic rings. The smallest absolute Gasteiger partial charge is 0.269 e. The molecule has 6 nitrogen and oxygen atoms in total. The molecule has 0 saturated carbocycles. The first-order valence-corrected chi connectivity index (χ1v) is 7.98. The lowest BCUT2D eigenvalue weighted by molar-refractivity contribution is -0.120. The van der Waals surface area contributed by atoms with Crippen molar-refractivity contribution in [1.82, 2.24) is 10.9 Å². The lowest BCUT2D eigenvalue weighted by Crippen LogP contribution is -2.44. The van der Waals surface area contributed by atoms with Crippen molar-refractivity contribution in [2.75, 3.05) is 19.0 Å². The predicted octanol–water partition coefficient (Wildman–Crippen LogP) is 2.32. The first kappa shape index (κ1) is 18.5. The van der Waals surface area contributed by atoms with Crippen molar-refractivity contribution in [3.8, 4) is 0 Å². The van der Waals surface area contributed by atoms with Crippen LogP contribution in [0, 0.1) is 13.8 Å². The minimum Gasteiger partial charge on any atom is -0.380 e. The number of ether oxygens (including phenoxy) is 1. The van der Waals surface area contributed by atoms with Gasteiger partial charge in [0.1, 0.15) is 0 Å². The zero-order chi connectivity index (χ0) is 18.2. The molecule has 0 aliphatic heterocycles. The standard InChI is InChI=1S/C19H23N3O3/c1-13-7-8-17(14(2)9-13)20-11-18(23)21-22-19(24)16-6-4-5-15(10-16)12-25-3/h4-10,20H,11-12H2,1-3H3,(H,21,23)(H,22,24). The monoisotopic (exact) mass is 341 g/mol. The minimum atomic E-state index is -0.377. The van der Waals surface area contributed by atoms with Crippen LogP contribution in [0.2, 0.25) is 0 Å². The van der Waals surface area contributed by atoms with Gasteiger partial charge < -0.3 is 10.1 Å². The van der Waals surface area contributed by atoms with Crippen molar-refractivity contribution in [1.29, 1.82) is 0 Å². The van der Waals surface area contributed by atoms with Gasteiger partial charge in [-0.25, -0.2) is 0 Å². The summed E-state index contributed by atoms with van der Waals surface area (Å²) < 4.78 is 5.04. The average Bonchev–Trinajstić information content (AvgIpc) is 2.59. The molecule has 0 fully saturated rings. The Labute approximate surface area is 147 Å². The molecular weight excluding hydrogens is 318 g/mol. The number of hydrogen-bond acceptors (Lipinski definition) is 4. The van der Waals surface area contributed by atoms with E-state index in [4.69, 9.17) is 4.74 Å². The number of rotatable bonds is 6. The summed E-state index contributed by atoms with van der Waals surface area (Å²) in [7, 11) is 1.59. The fourth-order valence-corrected chi connectivity index (χ4v) is 2.40. The predicted molar refractivity (Wildman–Crippen MR) is 97.2 cm³/mol. The summed E-state index contributed by atoms with van der Waals surface area (Å²) in [4.78, 5) is 24.0. The molecule has 2 amide bonds. The molecule has 0 saturated heterocycles. The van der Waals surface area contributed by atoms with Crippen LogP contribution >= 0.6 is 0 Å². The first-order valence-electron chi connectivity index (χ1n) is 7.98. The van der Waals surface area contributed by atoms with Crippen LogP contribution in [0.3, 0.4) is 0 Å². The number of methoxy groups -OCH3 is 1. The highest BCUT2D eigenvalue weighted by molar-refractivity contribution is 5.95. The van der Waals surface area contributed by atoms with Crippen molar-refractivity contribution in [3.63, 3.8) is 0 Å². The molecule has 0 bridgehead atoms. The SMILES string of the molecule is COCc1cccc(C(=O)NNC(=O)CNc2ccc(C)cc2C)c1. The minimum absolute atomic E-state index is 0.0634. The third kappa shape index (κ3) is 5.61. The molecule has 0 spiro atoms. The second kappa shape index (κ2) is 8.84. The van der Waals surface area contributed by atoms with E-state index in [-0.39, 0.29) is 18.4 Å². The van der Waals surface area contributed by atoms with Crippen molar-refractivity contribution in [3.05, 3.63) is 64.7 Å². The number of carbonyl (C=O) groups excluding carboxylic acids is 2. The summed E-state index contributed by atoms with van der Waals surface area (Å²) in [6.07, 6.45) is 0. The Balaban J connectivity index is 1.83. The Morgan fingerprint density at radius 2 is 1.84 bits per heavy atom. The maximum absolute atomic E-state index is 12.1. The lowest BCUT2D eigenvalue weighted by atomic mass is 10.1. The number of carbonyl (C=O) groups is 2. The van der Waals surface area contributed by atoms with Crippen LogP contribution in [0.15, 0.2) is 42.5 Å². The van der Waals surface area contributed by atoms with Gasteiger partial charge in [-0.3, -0.25) is 20.4 Å². The highest BCUT2D eigenvalue weighted by Crippen LogP contribution is 2.15. The van der Waals surface area contributed by atoms with Gasteiger partial charge in [0.15, 0.2) is 0 Å². The van der Waals surface area contributed by atoms with Gasteiger partial charge in [-0.1, -0.05) is 29.8 Å². The van der Waals surface area contributed by atoms with Crippen molar-refractivity contribution < 1.29 is 14.3 Å². The van der Waals surface area contributed by atoms with Gasteiger partial charge in [-0.05, 0) is 43.2 Å². The second-order valence-electron chi connectivity index (χ2n) is 5.81. The topological polar surface area (TPSA) is 79.5 Å². The van der Waals surface area contributed by atoms with Crippen molar-refractivity contribution >= 4 is 17.5 Å². The van der Waals surface area contributed by atoms with E-state index in [9.17, 15) is 9.59 Å². The van der Waals surface area contributed by atoms with E-state index in [1.165, 1.54) is 0 Å². The van der Waals surface area contributed by atoms with E-state index >= 15 is 0 Å². The third-order valence-electron chi connectivity index (χ3n) is 3.64. The molecule has 2 aromatic carbocycles. The van der Waals surface area contributed by atoms with Gasteiger partial charge in [-0.15, -0.1) is 0 Å². The Bertz CT molecular complexity index is 759. The average molecular weight is 341 g/mol. The molecule has 0 atom stereocenters.